The lowest BCUT2D eigenvalue weighted by atomic mass is 9.89. The van der Waals surface area contributed by atoms with Crippen LogP contribution in [0.25, 0.3) is 0 Å². The van der Waals surface area contributed by atoms with Crippen molar-refractivity contribution in [2.24, 2.45) is 5.92 Å². The number of carbonyl (C=O) groups excluding carboxylic acids is 1. The molecular weight excluding hydrogens is 311 g/mol. The Kier molecular flexibility index (Phi) is 5.15. The van der Waals surface area contributed by atoms with Gasteiger partial charge < -0.3 is 14.4 Å². The van der Waals surface area contributed by atoms with E-state index in [4.69, 9.17) is 9.47 Å². The fraction of sp³-hybridized carbons (Fsp3) is 0.667. The number of hydrogen-bond acceptors (Lipinski definition) is 4. The van der Waals surface area contributed by atoms with Crippen LogP contribution in [0.4, 0.5) is 4.39 Å². The average Bonchev–Trinajstić information content (AvgIpc) is 2.94. The molecule has 0 bridgehead atoms. The molecule has 1 saturated carbocycles. The molecule has 2 fully saturated rings. The predicted molar refractivity (Wildman–Crippen MR) is 87.2 cm³/mol. The Balaban J connectivity index is 1.74. The fourth-order valence-corrected chi connectivity index (χ4v) is 3.76. The molecule has 1 aromatic rings. The van der Waals surface area contributed by atoms with E-state index in [0.717, 1.165) is 25.5 Å². The highest BCUT2D eigenvalue weighted by Crippen LogP contribution is 2.41. The van der Waals surface area contributed by atoms with Crippen LogP contribution in [0.1, 0.15) is 43.5 Å². The molecule has 0 N–H and O–H groups in total. The van der Waals surface area contributed by atoms with Crippen molar-refractivity contribution < 1.29 is 18.7 Å². The Bertz CT molecular complexity index is 595. The van der Waals surface area contributed by atoms with Crippen molar-refractivity contribution in [1.82, 2.24) is 9.88 Å². The number of halogens is 1. The lowest BCUT2D eigenvalue weighted by Gasteiger charge is -2.44. The van der Waals surface area contributed by atoms with E-state index < -0.39 is 5.82 Å². The maximum atomic E-state index is 13.9. The van der Waals surface area contributed by atoms with Gasteiger partial charge in [0.25, 0.3) is 5.91 Å². The molecule has 2 aliphatic rings. The highest BCUT2D eigenvalue weighted by molar-refractivity contribution is 5.94. The van der Waals surface area contributed by atoms with Crippen LogP contribution in [0.15, 0.2) is 18.5 Å². The summed E-state index contributed by atoms with van der Waals surface area (Å²) in [6.45, 7) is 6.15. The number of carbonyl (C=O) groups is 1. The number of morpholine rings is 1. The van der Waals surface area contributed by atoms with Gasteiger partial charge in [0.2, 0.25) is 0 Å². The smallest absolute Gasteiger partial charge is 0.257 e. The number of nitrogens with zero attached hydrogens (tertiary/aromatic N) is 2. The van der Waals surface area contributed by atoms with E-state index in [-0.39, 0.29) is 29.1 Å². The minimum atomic E-state index is -0.575. The van der Waals surface area contributed by atoms with Crippen LogP contribution >= 0.6 is 0 Å². The quantitative estimate of drug-likeness (QED) is 0.848. The highest BCUT2D eigenvalue weighted by atomic mass is 19.1. The largest absolute Gasteiger partial charge is 0.378 e. The molecule has 2 atom stereocenters. The molecule has 132 valence electrons. The van der Waals surface area contributed by atoms with Crippen LogP contribution in [-0.2, 0) is 9.47 Å². The number of hydrogen-bond donors (Lipinski definition) is 0. The molecule has 24 heavy (non-hydrogen) atoms. The van der Waals surface area contributed by atoms with Crippen LogP contribution in [0.3, 0.4) is 0 Å². The third-order valence-corrected chi connectivity index (χ3v) is 5.03. The maximum absolute atomic E-state index is 13.9. The van der Waals surface area contributed by atoms with Crippen molar-refractivity contribution in [2.75, 3.05) is 26.3 Å². The molecule has 6 heteroatoms. The lowest BCUT2D eigenvalue weighted by Crippen LogP contribution is -2.56. The maximum Gasteiger partial charge on any atom is 0.257 e. The highest BCUT2D eigenvalue weighted by Gasteiger charge is 2.48. The molecule has 1 aliphatic heterocycles. The van der Waals surface area contributed by atoms with Crippen molar-refractivity contribution in [2.45, 2.75) is 44.8 Å². The molecule has 5 nitrogen and oxygen atoms in total. The van der Waals surface area contributed by atoms with Crippen LogP contribution in [0, 0.1) is 11.7 Å². The predicted octanol–water partition coefficient (Wildman–Crippen LogP) is 2.66. The first-order chi connectivity index (χ1) is 11.5. The van der Waals surface area contributed by atoms with Crippen LogP contribution in [-0.4, -0.2) is 53.8 Å². The number of rotatable bonds is 4. The van der Waals surface area contributed by atoms with Crippen molar-refractivity contribution in [3.8, 4) is 0 Å². The molecule has 3 rings (SSSR count). The second kappa shape index (κ2) is 7.15. The van der Waals surface area contributed by atoms with Crippen molar-refractivity contribution in [1.29, 1.82) is 0 Å². The van der Waals surface area contributed by atoms with Gasteiger partial charge in [-0.1, -0.05) is 6.42 Å². The minimum Gasteiger partial charge on any atom is -0.378 e. The summed E-state index contributed by atoms with van der Waals surface area (Å²) < 4.78 is 25.8. The molecular formula is C18H25FN2O3. The van der Waals surface area contributed by atoms with Gasteiger partial charge in [0.05, 0.1) is 43.2 Å². The van der Waals surface area contributed by atoms with Crippen LogP contribution in [0.2, 0.25) is 0 Å². The Labute approximate surface area is 142 Å². The van der Waals surface area contributed by atoms with Gasteiger partial charge in [-0.25, -0.2) is 4.39 Å². The van der Waals surface area contributed by atoms with E-state index in [1.54, 1.807) is 4.90 Å². The summed E-state index contributed by atoms with van der Waals surface area (Å²) in [7, 11) is 0. The molecule has 1 aliphatic carbocycles. The summed E-state index contributed by atoms with van der Waals surface area (Å²) in [5.74, 6) is -0.583. The van der Waals surface area contributed by atoms with Crippen LogP contribution in [0.5, 0.6) is 0 Å². The van der Waals surface area contributed by atoms with Gasteiger partial charge in [-0.2, -0.15) is 0 Å². The van der Waals surface area contributed by atoms with Gasteiger partial charge in [0.1, 0.15) is 0 Å². The second-order valence-electron chi connectivity index (χ2n) is 6.97. The molecule has 1 saturated heterocycles. The number of ether oxygens (including phenoxy) is 2. The fourth-order valence-electron chi connectivity index (χ4n) is 3.76. The molecule has 0 aromatic carbocycles. The van der Waals surface area contributed by atoms with Crippen LogP contribution < -0.4 is 0 Å². The third kappa shape index (κ3) is 3.44. The third-order valence-electron chi connectivity index (χ3n) is 5.03. The van der Waals surface area contributed by atoms with Gasteiger partial charge >= 0.3 is 0 Å². The minimum absolute atomic E-state index is 0.0787. The first-order valence-corrected chi connectivity index (χ1v) is 8.66. The van der Waals surface area contributed by atoms with E-state index in [2.05, 4.69) is 4.98 Å². The molecule has 1 spiro atoms. The Morgan fingerprint density at radius 3 is 3.17 bits per heavy atom. The van der Waals surface area contributed by atoms with E-state index >= 15 is 0 Å². The zero-order valence-electron chi connectivity index (χ0n) is 14.3. The summed E-state index contributed by atoms with van der Waals surface area (Å²) in [5.41, 5.74) is -0.276. The average molecular weight is 336 g/mol. The lowest BCUT2D eigenvalue weighted by molar-refractivity contribution is -0.136. The van der Waals surface area contributed by atoms with E-state index in [1.165, 1.54) is 12.3 Å². The Morgan fingerprint density at radius 1 is 1.58 bits per heavy atom. The first-order valence-electron chi connectivity index (χ1n) is 8.66. The summed E-state index contributed by atoms with van der Waals surface area (Å²) in [6.07, 6.45) is 5.73. The number of amides is 1. The van der Waals surface area contributed by atoms with Crippen molar-refractivity contribution in [3.63, 3.8) is 0 Å². The van der Waals surface area contributed by atoms with Crippen molar-refractivity contribution >= 4 is 5.91 Å². The monoisotopic (exact) mass is 336 g/mol. The molecule has 1 aromatic heterocycles. The Morgan fingerprint density at radius 2 is 2.42 bits per heavy atom. The van der Waals surface area contributed by atoms with E-state index in [0.29, 0.717) is 26.3 Å². The summed E-state index contributed by atoms with van der Waals surface area (Å²) in [5, 5.41) is 0. The van der Waals surface area contributed by atoms with Gasteiger partial charge in [-0.3, -0.25) is 9.78 Å². The second-order valence-corrected chi connectivity index (χ2v) is 6.97. The van der Waals surface area contributed by atoms with Gasteiger partial charge in [-0.05, 0) is 32.8 Å². The number of pyridine rings is 1. The van der Waals surface area contributed by atoms with E-state index in [1.807, 2.05) is 13.8 Å². The summed E-state index contributed by atoms with van der Waals surface area (Å²) >= 11 is 0. The zero-order valence-corrected chi connectivity index (χ0v) is 14.3. The van der Waals surface area contributed by atoms with Gasteiger partial charge in [-0.15, -0.1) is 0 Å². The number of aromatic nitrogens is 1. The van der Waals surface area contributed by atoms with E-state index in [9.17, 15) is 9.18 Å². The van der Waals surface area contributed by atoms with Gasteiger partial charge in [0.15, 0.2) is 5.82 Å². The topological polar surface area (TPSA) is 51.7 Å². The SMILES string of the molecule is CC(C)OC[C@@H]1CCC[C@@]12CN(C(=O)c1ccncc1F)CCO2. The molecule has 0 radical (unpaired) electrons. The first kappa shape index (κ1) is 17.3. The molecule has 0 unspecified atom stereocenters. The molecule has 1 amide bonds. The summed E-state index contributed by atoms with van der Waals surface area (Å²) in [6, 6.07) is 1.44. The standard InChI is InChI=1S/C18H25FN2O3/c1-13(2)23-11-14-4-3-6-18(14)12-21(8-9-24-18)17(22)15-5-7-20-10-16(15)19/h5,7,10,13-14H,3-4,6,8-9,11-12H2,1-2H3/t14-,18+/m0/s1. The molecule has 2 heterocycles. The summed E-state index contributed by atoms with van der Waals surface area (Å²) in [4.78, 5) is 18.1. The zero-order chi connectivity index (χ0) is 17.2. The van der Waals surface area contributed by atoms with Crippen molar-refractivity contribution in [3.05, 3.63) is 29.8 Å². The normalized spacial score (nSPS) is 27.2. The Hall–Kier alpha value is -1.53. The van der Waals surface area contributed by atoms with Gasteiger partial charge in [0, 0.05) is 18.7 Å².